The molecule has 1 atom stereocenters. The van der Waals surface area contributed by atoms with E-state index in [-0.39, 0.29) is 4.71 Å². The van der Waals surface area contributed by atoms with Crippen LogP contribution in [-0.2, 0) is 0 Å². The molecule has 1 rings (SSSR count). The summed E-state index contributed by atoms with van der Waals surface area (Å²) >= 11 is 6.90. The molecule has 3 heteroatoms. The molecular weight excluding hydrogens is 118 g/mol. The van der Waals surface area contributed by atoms with Crippen LogP contribution in [0.4, 0.5) is 0 Å². The van der Waals surface area contributed by atoms with E-state index < -0.39 is 0 Å². The minimum Gasteiger partial charge on any atom is -0.218 e. The Balaban J connectivity index is 2.32. The third-order valence-electron chi connectivity index (χ3n) is 0.483. The fraction of sp³-hybridized carbons (Fsp3) is 0.667. The fourth-order valence-corrected chi connectivity index (χ4v) is 0.842. The van der Waals surface area contributed by atoms with Gasteiger partial charge in [-0.1, -0.05) is 0 Å². The van der Waals surface area contributed by atoms with E-state index in [1.807, 2.05) is 0 Å². The van der Waals surface area contributed by atoms with E-state index in [2.05, 4.69) is 10.6 Å². The summed E-state index contributed by atoms with van der Waals surface area (Å²) in [6, 6.07) is 0. The van der Waals surface area contributed by atoms with Crippen LogP contribution >= 0.6 is 23.5 Å². The fourth-order valence-electron chi connectivity index (χ4n) is 0.241. The van der Waals surface area contributed by atoms with Gasteiger partial charge < -0.3 is 0 Å². The smallest absolute Gasteiger partial charge is 0.106 e. The van der Waals surface area contributed by atoms with Crippen LogP contribution in [0.15, 0.2) is 4.40 Å². The highest BCUT2D eigenvalue weighted by molar-refractivity contribution is 8.00. The van der Waals surface area contributed by atoms with Crippen LogP contribution in [0.25, 0.3) is 0 Å². The van der Waals surface area contributed by atoms with Crippen LogP contribution in [0.3, 0.4) is 0 Å². The molecule has 0 bridgehead atoms. The summed E-state index contributed by atoms with van der Waals surface area (Å²) in [6.45, 7) is 0. The van der Waals surface area contributed by atoms with Crippen molar-refractivity contribution < 1.29 is 0 Å². The van der Waals surface area contributed by atoms with Crippen molar-refractivity contribution in [1.29, 1.82) is 0 Å². The number of nitrogens with zero attached hydrogens (tertiary/aromatic N) is 1. The van der Waals surface area contributed by atoms with Gasteiger partial charge in [0.15, 0.2) is 0 Å². The molecule has 6 heavy (non-hydrogen) atoms. The minimum atomic E-state index is 0.157. The SMILES string of the molecule is ClC1C[C]=NS1. The van der Waals surface area contributed by atoms with Gasteiger partial charge in [-0.25, -0.2) is 4.40 Å². The van der Waals surface area contributed by atoms with Gasteiger partial charge in [-0.3, -0.25) is 0 Å². The quantitative estimate of drug-likeness (QED) is 0.349. The summed E-state index contributed by atoms with van der Waals surface area (Å²) in [5.74, 6) is 0. The lowest BCUT2D eigenvalue weighted by Gasteiger charge is -1.85. The molecule has 33 valence electrons. The maximum atomic E-state index is 5.52. The van der Waals surface area contributed by atoms with E-state index in [0.717, 1.165) is 6.42 Å². The van der Waals surface area contributed by atoms with Crippen molar-refractivity contribution in [3.63, 3.8) is 0 Å². The van der Waals surface area contributed by atoms with E-state index in [0.29, 0.717) is 0 Å². The zero-order chi connectivity index (χ0) is 4.41. The molecule has 0 aromatic rings. The summed E-state index contributed by atoms with van der Waals surface area (Å²) in [5.41, 5.74) is 0. The average Bonchev–Trinajstić information content (AvgIpc) is 1.86. The largest absolute Gasteiger partial charge is 0.218 e. The first-order chi connectivity index (χ1) is 2.89. The van der Waals surface area contributed by atoms with E-state index in [1.165, 1.54) is 11.9 Å². The molecule has 0 aromatic heterocycles. The Morgan fingerprint density at radius 2 is 2.83 bits per heavy atom. The van der Waals surface area contributed by atoms with E-state index in [4.69, 9.17) is 11.6 Å². The van der Waals surface area contributed by atoms with Gasteiger partial charge >= 0.3 is 0 Å². The molecule has 0 aliphatic carbocycles. The second kappa shape index (κ2) is 1.85. The highest BCUT2D eigenvalue weighted by Gasteiger charge is 2.06. The molecule has 0 N–H and O–H groups in total. The molecule has 0 amide bonds. The molecule has 1 unspecified atom stereocenters. The second-order valence-corrected chi connectivity index (χ2v) is 2.72. The molecule has 1 heterocycles. The third kappa shape index (κ3) is 0.884. The Morgan fingerprint density at radius 1 is 2.00 bits per heavy atom. The lowest BCUT2D eigenvalue weighted by molar-refractivity contribution is 1.29. The summed E-state index contributed by atoms with van der Waals surface area (Å²) in [5, 5.41) is 0. The van der Waals surface area contributed by atoms with Crippen LogP contribution in [0.2, 0.25) is 0 Å². The van der Waals surface area contributed by atoms with Gasteiger partial charge in [0.05, 0.1) is 6.21 Å². The van der Waals surface area contributed by atoms with Crippen molar-refractivity contribution in [1.82, 2.24) is 0 Å². The second-order valence-electron chi connectivity index (χ2n) is 0.969. The zero-order valence-corrected chi connectivity index (χ0v) is 4.59. The minimum absolute atomic E-state index is 0.157. The summed E-state index contributed by atoms with van der Waals surface area (Å²) in [6.07, 6.45) is 3.53. The Bertz CT molecular complexity index is 65.2. The van der Waals surface area contributed by atoms with Gasteiger partial charge in [0.25, 0.3) is 0 Å². The predicted octanol–water partition coefficient (Wildman–Crippen LogP) is 1.55. The van der Waals surface area contributed by atoms with Crippen molar-refractivity contribution >= 4 is 29.8 Å². The van der Waals surface area contributed by atoms with E-state index in [9.17, 15) is 0 Å². The van der Waals surface area contributed by atoms with Gasteiger partial charge in [0.2, 0.25) is 0 Å². The molecule has 0 saturated heterocycles. The molecule has 1 nitrogen and oxygen atoms in total. The molecule has 0 saturated carbocycles. The Labute approximate surface area is 45.9 Å². The average molecular weight is 121 g/mol. The number of alkyl halides is 1. The Hall–Kier alpha value is 0.310. The van der Waals surface area contributed by atoms with Crippen molar-refractivity contribution in [3.05, 3.63) is 0 Å². The summed E-state index contributed by atoms with van der Waals surface area (Å²) in [7, 11) is 0. The van der Waals surface area contributed by atoms with E-state index in [1.54, 1.807) is 0 Å². The first-order valence-electron chi connectivity index (χ1n) is 1.62. The highest BCUT2D eigenvalue weighted by Crippen LogP contribution is 2.23. The number of hydrogen-bond acceptors (Lipinski definition) is 2. The Morgan fingerprint density at radius 3 is 3.00 bits per heavy atom. The lowest BCUT2D eigenvalue weighted by Crippen LogP contribution is -1.80. The lowest BCUT2D eigenvalue weighted by atomic mass is 10.5. The first kappa shape index (κ1) is 4.47. The molecule has 0 aromatic carbocycles. The zero-order valence-electron chi connectivity index (χ0n) is 3.02. The summed E-state index contributed by atoms with van der Waals surface area (Å²) < 4.78 is 3.86. The highest BCUT2D eigenvalue weighted by atomic mass is 35.5. The topological polar surface area (TPSA) is 12.4 Å². The van der Waals surface area contributed by atoms with Crippen molar-refractivity contribution in [3.8, 4) is 0 Å². The van der Waals surface area contributed by atoms with Gasteiger partial charge in [-0.05, 0) is 11.9 Å². The third-order valence-corrected chi connectivity index (χ3v) is 1.51. The number of halogens is 1. The first-order valence-corrected chi connectivity index (χ1v) is 2.89. The maximum absolute atomic E-state index is 5.52. The monoisotopic (exact) mass is 120 g/mol. The van der Waals surface area contributed by atoms with Gasteiger partial charge in [0, 0.05) is 6.42 Å². The normalized spacial score (nSPS) is 31.8. The van der Waals surface area contributed by atoms with Crippen LogP contribution in [0.1, 0.15) is 6.42 Å². The molecular formula is C3H3ClNS. The van der Waals surface area contributed by atoms with Crippen LogP contribution in [0.5, 0.6) is 0 Å². The molecule has 1 radical (unpaired) electrons. The van der Waals surface area contributed by atoms with Gasteiger partial charge in [0.1, 0.15) is 4.71 Å². The maximum Gasteiger partial charge on any atom is 0.106 e. The standard InChI is InChI=1S/C3H3ClNS/c4-3-1-2-5-6-3/h3H,1H2. The van der Waals surface area contributed by atoms with Crippen molar-refractivity contribution in [2.75, 3.05) is 0 Å². The van der Waals surface area contributed by atoms with Crippen LogP contribution < -0.4 is 0 Å². The molecule has 1 aliphatic rings. The number of hydrogen-bond donors (Lipinski definition) is 0. The molecule has 1 aliphatic heterocycles. The predicted molar refractivity (Wildman–Crippen MR) is 29.3 cm³/mol. The number of rotatable bonds is 0. The summed E-state index contributed by atoms with van der Waals surface area (Å²) in [4.78, 5) is 0. The van der Waals surface area contributed by atoms with Crippen LogP contribution in [-0.4, -0.2) is 10.9 Å². The van der Waals surface area contributed by atoms with E-state index >= 15 is 0 Å². The Kier molecular flexibility index (Phi) is 1.37. The van der Waals surface area contributed by atoms with Crippen LogP contribution in [0, 0.1) is 0 Å². The molecule has 0 fully saturated rings. The van der Waals surface area contributed by atoms with Gasteiger partial charge in [-0.2, -0.15) is 0 Å². The van der Waals surface area contributed by atoms with Crippen molar-refractivity contribution in [2.24, 2.45) is 4.40 Å². The molecule has 0 spiro atoms. The van der Waals surface area contributed by atoms with Gasteiger partial charge in [-0.15, -0.1) is 11.6 Å². The van der Waals surface area contributed by atoms with Crippen molar-refractivity contribution in [2.45, 2.75) is 11.1 Å².